The number of allylic oxidation sites excluding steroid dienone is 3. The first-order valence-electron chi connectivity index (χ1n) is 6.05. The van der Waals surface area contributed by atoms with Gasteiger partial charge in [-0.1, -0.05) is 31.4 Å². The second-order valence-electron chi connectivity index (χ2n) is 4.07. The number of ether oxygens (including phenoxy) is 1. The molecule has 0 atom stereocenters. The Morgan fingerprint density at radius 2 is 2.15 bits per heavy atom. The molecular weight excluding hydrogens is 262 g/mol. The van der Waals surface area contributed by atoms with Gasteiger partial charge in [-0.05, 0) is 17.7 Å². The summed E-state index contributed by atoms with van der Waals surface area (Å²) < 4.78 is 31.5. The molecule has 0 fully saturated rings. The zero-order valence-electron chi connectivity index (χ0n) is 11.1. The van der Waals surface area contributed by atoms with Crippen molar-refractivity contribution in [2.24, 2.45) is 0 Å². The molecule has 0 amide bonds. The topological polar surface area (TPSA) is 26.3 Å². The number of carbonyl (C=O) groups is 1. The zero-order chi connectivity index (χ0) is 15.0. The molecular formula is C16H16F2O2. The first-order valence-corrected chi connectivity index (χ1v) is 6.05. The Hall–Kier alpha value is -2.23. The lowest BCUT2D eigenvalue weighted by Crippen LogP contribution is -2.03. The van der Waals surface area contributed by atoms with Crippen LogP contribution in [0.25, 0.3) is 0 Å². The maximum Gasteiger partial charge on any atom is 0.150 e. The molecule has 0 saturated carbocycles. The van der Waals surface area contributed by atoms with E-state index < -0.39 is 12.5 Å². The third kappa shape index (κ3) is 4.46. The third-order valence-corrected chi connectivity index (χ3v) is 2.62. The molecule has 106 valence electrons. The van der Waals surface area contributed by atoms with Crippen LogP contribution >= 0.6 is 0 Å². The van der Waals surface area contributed by atoms with Crippen LogP contribution in [0.4, 0.5) is 8.78 Å². The number of hydrogen-bond acceptors (Lipinski definition) is 2. The Kier molecular flexibility index (Phi) is 6.37. The van der Waals surface area contributed by atoms with E-state index in [1.807, 2.05) is 0 Å². The van der Waals surface area contributed by atoms with Crippen molar-refractivity contribution in [3.8, 4) is 0 Å². The molecule has 0 aliphatic heterocycles. The van der Waals surface area contributed by atoms with Gasteiger partial charge in [0.2, 0.25) is 0 Å². The van der Waals surface area contributed by atoms with E-state index >= 15 is 0 Å². The van der Waals surface area contributed by atoms with E-state index in [9.17, 15) is 13.6 Å². The van der Waals surface area contributed by atoms with Crippen LogP contribution < -0.4 is 0 Å². The number of halogens is 2. The highest BCUT2D eigenvalue weighted by atomic mass is 19.1. The minimum Gasteiger partial charge on any atom is -0.493 e. The molecule has 0 aliphatic carbocycles. The quantitative estimate of drug-likeness (QED) is 0.411. The molecule has 0 radical (unpaired) electrons. The van der Waals surface area contributed by atoms with E-state index in [0.29, 0.717) is 24.0 Å². The average molecular weight is 278 g/mol. The Labute approximate surface area is 117 Å². The highest BCUT2D eigenvalue weighted by Gasteiger charge is 2.06. The standard InChI is InChI=1S/C16H16F2O2/c1-3-4-16(12(2)10-17)20-8-7-14-6-5-13(11-19)9-15(14)18/h3-6,9,11H,1-2,7-8,10H2/b16-4+. The van der Waals surface area contributed by atoms with Crippen molar-refractivity contribution in [2.75, 3.05) is 13.3 Å². The molecule has 0 saturated heterocycles. The molecule has 0 unspecified atom stereocenters. The minimum absolute atomic E-state index is 0.177. The van der Waals surface area contributed by atoms with Gasteiger partial charge in [-0.15, -0.1) is 0 Å². The van der Waals surface area contributed by atoms with Crippen molar-refractivity contribution in [1.82, 2.24) is 0 Å². The van der Waals surface area contributed by atoms with Crippen LogP contribution in [0.1, 0.15) is 15.9 Å². The first-order chi connectivity index (χ1) is 9.62. The SMILES string of the molecule is C=C/C=C(/OCCc1ccc(C=O)cc1F)C(=C)CF. The highest BCUT2D eigenvalue weighted by Crippen LogP contribution is 2.14. The zero-order valence-corrected chi connectivity index (χ0v) is 11.1. The normalized spacial score (nSPS) is 11.0. The molecule has 0 aliphatic rings. The summed E-state index contributed by atoms with van der Waals surface area (Å²) in [5.41, 5.74) is 0.923. The van der Waals surface area contributed by atoms with E-state index in [0.717, 1.165) is 0 Å². The molecule has 2 nitrogen and oxygen atoms in total. The number of aldehydes is 1. The van der Waals surface area contributed by atoms with Gasteiger partial charge in [-0.3, -0.25) is 4.79 Å². The summed E-state index contributed by atoms with van der Waals surface area (Å²) in [4.78, 5) is 10.5. The van der Waals surface area contributed by atoms with Gasteiger partial charge < -0.3 is 4.74 Å². The Morgan fingerprint density at radius 1 is 1.40 bits per heavy atom. The lowest BCUT2D eigenvalue weighted by Gasteiger charge is -2.11. The lowest BCUT2D eigenvalue weighted by atomic mass is 10.1. The van der Waals surface area contributed by atoms with Crippen LogP contribution in [0.2, 0.25) is 0 Å². The lowest BCUT2D eigenvalue weighted by molar-refractivity contribution is 0.112. The van der Waals surface area contributed by atoms with E-state index in [4.69, 9.17) is 4.74 Å². The smallest absolute Gasteiger partial charge is 0.150 e. The van der Waals surface area contributed by atoms with Crippen LogP contribution in [0.15, 0.2) is 54.8 Å². The van der Waals surface area contributed by atoms with Gasteiger partial charge in [0, 0.05) is 17.6 Å². The van der Waals surface area contributed by atoms with E-state index in [-0.39, 0.29) is 17.7 Å². The molecule has 0 bridgehead atoms. The van der Waals surface area contributed by atoms with Gasteiger partial charge in [-0.2, -0.15) is 0 Å². The average Bonchev–Trinajstić information content (AvgIpc) is 2.47. The molecule has 1 aromatic carbocycles. The van der Waals surface area contributed by atoms with Gasteiger partial charge in [0.05, 0.1) is 6.61 Å². The van der Waals surface area contributed by atoms with Crippen molar-refractivity contribution < 1.29 is 18.3 Å². The fourth-order valence-electron chi connectivity index (χ4n) is 1.55. The predicted octanol–water partition coefficient (Wildman–Crippen LogP) is 3.79. The summed E-state index contributed by atoms with van der Waals surface area (Å²) in [5.74, 6) is -0.163. The second-order valence-corrected chi connectivity index (χ2v) is 4.07. The van der Waals surface area contributed by atoms with Gasteiger partial charge in [-0.25, -0.2) is 8.78 Å². The van der Waals surface area contributed by atoms with Crippen molar-refractivity contribution in [3.05, 3.63) is 71.8 Å². The Morgan fingerprint density at radius 3 is 2.70 bits per heavy atom. The van der Waals surface area contributed by atoms with E-state index in [1.54, 1.807) is 0 Å². The van der Waals surface area contributed by atoms with Crippen molar-refractivity contribution in [1.29, 1.82) is 0 Å². The Balaban J connectivity index is 2.63. The summed E-state index contributed by atoms with van der Waals surface area (Å²) in [6, 6.07) is 4.24. The van der Waals surface area contributed by atoms with Crippen LogP contribution in [-0.2, 0) is 11.2 Å². The molecule has 0 spiro atoms. The Bertz CT molecular complexity index is 533. The summed E-state index contributed by atoms with van der Waals surface area (Å²) in [5, 5.41) is 0. The molecule has 0 aromatic heterocycles. The maximum atomic E-state index is 13.6. The van der Waals surface area contributed by atoms with Crippen molar-refractivity contribution in [3.63, 3.8) is 0 Å². The number of alkyl halides is 1. The summed E-state index contributed by atoms with van der Waals surface area (Å²) >= 11 is 0. The molecule has 1 aromatic rings. The second kappa shape index (κ2) is 8.04. The van der Waals surface area contributed by atoms with Crippen LogP contribution in [0.5, 0.6) is 0 Å². The fraction of sp³-hybridized carbons (Fsp3) is 0.188. The first kappa shape index (κ1) is 15.8. The van der Waals surface area contributed by atoms with Crippen LogP contribution in [-0.4, -0.2) is 19.6 Å². The molecule has 4 heteroatoms. The summed E-state index contributed by atoms with van der Waals surface area (Å²) in [6.45, 7) is 6.49. The van der Waals surface area contributed by atoms with Crippen molar-refractivity contribution in [2.45, 2.75) is 6.42 Å². The third-order valence-electron chi connectivity index (χ3n) is 2.62. The molecule has 1 rings (SSSR count). The largest absolute Gasteiger partial charge is 0.493 e. The van der Waals surface area contributed by atoms with Crippen molar-refractivity contribution >= 4 is 6.29 Å². The number of rotatable bonds is 8. The van der Waals surface area contributed by atoms with E-state index in [2.05, 4.69) is 13.2 Å². The highest BCUT2D eigenvalue weighted by molar-refractivity contribution is 5.74. The number of carbonyl (C=O) groups excluding carboxylic acids is 1. The number of benzene rings is 1. The molecule has 0 N–H and O–H groups in total. The van der Waals surface area contributed by atoms with Gasteiger partial charge >= 0.3 is 0 Å². The van der Waals surface area contributed by atoms with Crippen LogP contribution in [0, 0.1) is 5.82 Å². The van der Waals surface area contributed by atoms with Gasteiger partial charge in [0.15, 0.2) is 0 Å². The monoisotopic (exact) mass is 278 g/mol. The number of hydrogen-bond donors (Lipinski definition) is 0. The predicted molar refractivity (Wildman–Crippen MR) is 74.8 cm³/mol. The molecule has 20 heavy (non-hydrogen) atoms. The van der Waals surface area contributed by atoms with E-state index in [1.165, 1.54) is 30.4 Å². The molecule has 0 heterocycles. The summed E-state index contributed by atoms with van der Waals surface area (Å²) in [6.07, 6.45) is 3.86. The minimum atomic E-state index is -0.720. The summed E-state index contributed by atoms with van der Waals surface area (Å²) in [7, 11) is 0. The van der Waals surface area contributed by atoms with Crippen LogP contribution in [0.3, 0.4) is 0 Å². The van der Waals surface area contributed by atoms with Gasteiger partial charge in [0.25, 0.3) is 0 Å². The fourth-order valence-corrected chi connectivity index (χ4v) is 1.55. The maximum absolute atomic E-state index is 13.6. The van der Waals surface area contributed by atoms with Gasteiger partial charge in [0.1, 0.15) is 24.5 Å².